The van der Waals surface area contributed by atoms with Gasteiger partial charge in [0.15, 0.2) is 0 Å². The van der Waals surface area contributed by atoms with Crippen molar-refractivity contribution in [3.05, 3.63) is 23.9 Å². The first-order valence-corrected chi connectivity index (χ1v) is 5.11. The van der Waals surface area contributed by atoms with Crippen LogP contribution in [0.25, 0.3) is 0 Å². The van der Waals surface area contributed by atoms with Crippen LogP contribution in [0.2, 0.25) is 0 Å². The minimum Gasteiger partial charge on any atom is -0.357 e. The number of aromatic nitrogens is 1. The van der Waals surface area contributed by atoms with Crippen LogP contribution in [-0.4, -0.2) is 18.1 Å². The molecule has 0 bridgehead atoms. The number of nitrogens with zero attached hydrogens (tertiary/aromatic N) is 2. The summed E-state index contributed by atoms with van der Waals surface area (Å²) in [5.74, 6) is 1.56. The van der Waals surface area contributed by atoms with Crippen molar-refractivity contribution in [2.75, 3.05) is 18.0 Å². The first-order valence-electron chi connectivity index (χ1n) is 4.57. The fourth-order valence-electron chi connectivity index (χ4n) is 1.23. The average molecular weight is 199 g/mol. The predicted octanol–water partition coefficient (Wildman–Crippen LogP) is 2.67. The molecule has 0 fully saturated rings. The van der Waals surface area contributed by atoms with Gasteiger partial charge in [0.05, 0.1) is 0 Å². The van der Waals surface area contributed by atoms with Gasteiger partial charge in [-0.25, -0.2) is 4.98 Å². The van der Waals surface area contributed by atoms with Crippen LogP contribution in [-0.2, 0) is 5.88 Å². The van der Waals surface area contributed by atoms with E-state index in [1.807, 2.05) is 18.3 Å². The summed E-state index contributed by atoms with van der Waals surface area (Å²) in [4.78, 5) is 6.54. The van der Waals surface area contributed by atoms with Gasteiger partial charge in [0.2, 0.25) is 0 Å². The van der Waals surface area contributed by atoms with E-state index in [2.05, 4.69) is 23.7 Å². The van der Waals surface area contributed by atoms with Crippen LogP contribution in [0.3, 0.4) is 0 Å². The van der Waals surface area contributed by atoms with Gasteiger partial charge in [-0.05, 0) is 25.5 Å². The number of hydrogen-bond donors (Lipinski definition) is 0. The van der Waals surface area contributed by atoms with Crippen molar-refractivity contribution in [3.8, 4) is 0 Å². The molecule has 13 heavy (non-hydrogen) atoms. The maximum Gasteiger partial charge on any atom is 0.128 e. The molecule has 0 saturated heterocycles. The normalized spacial score (nSPS) is 10.1. The lowest BCUT2D eigenvalue weighted by molar-refractivity contribution is 0.845. The summed E-state index contributed by atoms with van der Waals surface area (Å²) in [5.41, 5.74) is 1.07. The molecule has 3 heteroatoms. The fourth-order valence-corrected chi connectivity index (χ4v) is 1.39. The third-order valence-corrected chi connectivity index (χ3v) is 2.36. The molecule has 0 aliphatic carbocycles. The summed E-state index contributed by atoms with van der Waals surface area (Å²) < 4.78 is 0. The molecule has 1 aromatic heterocycles. The molecule has 0 aliphatic heterocycles. The van der Waals surface area contributed by atoms with E-state index in [-0.39, 0.29) is 0 Å². The molecule has 0 saturated carbocycles. The Balaban J connectivity index is 2.78. The number of rotatable bonds is 4. The van der Waals surface area contributed by atoms with Crippen molar-refractivity contribution in [1.82, 2.24) is 4.98 Å². The van der Waals surface area contributed by atoms with Gasteiger partial charge in [-0.2, -0.15) is 0 Å². The largest absolute Gasteiger partial charge is 0.357 e. The van der Waals surface area contributed by atoms with Crippen molar-refractivity contribution in [3.63, 3.8) is 0 Å². The molecule has 0 spiro atoms. The van der Waals surface area contributed by atoms with E-state index in [0.717, 1.165) is 24.5 Å². The van der Waals surface area contributed by atoms with Gasteiger partial charge in [0.25, 0.3) is 0 Å². The molecule has 1 rings (SSSR count). The van der Waals surface area contributed by atoms with E-state index >= 15 is 0 Å². The summed E-state index contributed by atoms with van der Waals surface area (Å²) in [5, 5.41) is 0. The highest BCUT2D eigenvalue weighted by atomic mass is 35.5. The fraction of sp³-hybridized carbons (Fsp3) is 0.500. The van der Waals surface area contributed by atoms with Crippen molar-refractivity contribution >= 4 is 17.4 Å². The van der Waals surface area contributed by atoms with E-state index < -0.39 is 0 Å². The highest BCUT2D eigenvalue weighted by Gasteiger charge is 2.01. The molecule has 72 valence electrons. The Morgan fingerprint density at radius 1 is 1.31 bits per heavy atom. The Bertz CT molecular complexity index is 242. The highest BCUT2D eigenvalue weighted by molar-refractivity contribution is 6.17. The lowest BCUT2D eigenvalue weighted by atomic mass is 10.3. The van der Waals surface area contributed by atoms with E-state index in [1.54, 1.807) is 0 Å². The molecular formula is C10H15ClN2. The molecule has 0 N–H and O–H groups in total. The zero-order valence-corrected chi connectivity index (χ0v) is 8.88. The van der Waals surface area contributed by atoms with Crippen molar-refractivity contribution in [2.24, 2.45) is 0 Å². The Morgan fingerprint density at radius 3 is 2.38 bits per heavy atom. The van der Waals surface area contributed by atoms with Gasteiger partial charge < -0.3 is 4.90 Å². The molecule has 0 aromatic carbocycles. The van der Waals surface area contributed by atoms with Crippen LogP contribution in [0.5, 0.6) is 0 Å². The second-order valence-electron chi connectivity index (χ2n) is 2.83. The van der Waals surface area contributed by atoms with Gasteiger partial charge in [0, 0.05) is 25.2 Å². The molecule has 0 unspecified atom stereocenters. The lowest BCUT2D eigenvalue weighted by Crippen LogP contribution is -2.22. The lowest BCUT2D eigenvalue weighted by Gasteiger charge is -2.19. The summed E-state index contributed by atoms with van der Waals surface area (Å²) in [7, 11) is 0. The summed E-state index contributed by atoms with van der Waals surface area (Å²) in [6, 6.07) is 4.04. The zero-order chi connectivity index (χ0) is 9.68. The van der Waals surface area contributed by atoms with E-state index in [9.17, 15) is 0 Å². The Labute approximate surface area is 84.5 Å². The topological polar surface area (TPSA) is 16.1 Å². The van der Waals surface area contributed by atoms with Gasteiger partial charge in [-0.3, -0.25) is 0 Å². The molecule has 0 amide bonds. The SMILES string of the molecule is CCN(CC)c1ccc(CCl)cn1. The second kappa shape index (κ2) is 5.07. The van der Waals surface area contributed by atoms with Crippen LogP contribution >= 0.6 is 11.6 Å². The molecule has 0 atom stereocenters. The van der Waals surface area contributed by atoms with Crippen molar-refractivity contribution in [2.45, 2.75) is 19.7 Å². The average Bonchev–Trinajstić information content (AvgIpc) is 2.21. The number of hydrogen-bond acceptors (Lipinski definition) is 2. The van der Waals surface area contributed by atoms with Gasteiger partial charge >= 0.3 is 0 Å². The molecule has 1 heterocycles. The molecule has 1 aromatic rings. The molecule has 2 nitrogen and oxygen atoms in total. The number of anilines is 1. The first-order chi connectivity index (χ1) is 6.31. The van der Waals surface area contributed by atoms with Crippen LogP contribution in [0, 0.1) is 0 Å². The monoisotopic (exact) mass is 198 g/mol. The smallest absolute Gasteiger partial charge is 0.128 e. The molecule has 0 radical (unpaired) electrons. The van der Waals surface area contributed by atoms with Gasteiger partial charge in [-0.1, -0.05) is 6.07 Å². The van der Waals surface area contributed by atoms with E-state index in [4.69, 9.17) is 11.6 Å². The molecular weight excluding hydrogens is 184 g/mol. The van der Waals surface area contributed by atoms with Crippen LogP contribution in [0.15, 0.2) is 18.3 Å². The first kappa shape index (κ1) is 10.3. The third kappa shape index (κ3) is 2.59. The second-order valence-corrected chi connectivity index (χ2v) is 3.10. The summed E-state index contributed by atoms with van der Waals surface area (Å²) in [6.45, 7) is 6.23. The summed E-state index contributed by atoms with van der Waals surface area (Å²) in [6.07, 6.45) is 1.83. The van der Waals surface area contributed by atoms with Crippen molar-refractivity contribution < 1.29 is 0 Å². The van der Waals surface area contributed by atoms with Crippen molar-refractivity contribution in [1.29, 1.82) is 0 Å². The Kier molecular flexibility index (Phi) is 4.03. The predicted molar refractivity (Wildman–Crippen MR) is 57.4 cm³/mol. The molecule has 0 aliphatic rings. The minimum absolute atomic E-state index is 0.533. The highest BCUT2D eigenvalue weighted by Crippen LogP contribution is 2.11. The Hall–Kier alpha value is -0.760. The van der Waals surface area contributed by atoms with Crippen LogP contribution < -0.4 is 4.90 Å². The van der Waals surface area contributed by atoms with E-state index in [0.29, 0.717) is 5.88 Å². The standard InChI is InChI=1S/C10H15ClN2/c1-3-13(4-2)10-6-5-9(7-11)8-12-10/h5-6,8H,3-4,7H2,1-2H3. The van der Waals surface area contributed by atoms with E-state index in [1.165, 1.54) is 0 Å². The maximum atomic E-state index is 5.67. The van der Waals surface area contributed by atoms with Crippen LogP contribution in [0.4, 0.5) is 5.82 Å². The third-order valence-electron chi connectivity index (χ3n) is 2.05. The van der Waals surface area contributed by atoms with Gasteiger partial charge in [0.1, 0.15) is 5.82 Å². The number of alkyl halides is 1. The number of halogens is 1. The maximum absolute atomic E-state index is 5.67. The van der Waals surface area contributed by atoms with Crippen LogP contribution in [0.1, 0.15) is 19.4 Å². The Morgan fingerprint density at radius 2 is 2.00 bits per heavy atom. The zero-order valence-electron chi connectivity index (χ0n) is 8.13. The number of pyridine rings is 1. The van der Waals surface area contributed by atoms with Gasteiger partial charge in [-0.15, -0.1) is 11.6 Å². The quantitative estimate of drug-likeness (QED) is 0.692. The summed E-state index contributed by atoms with van der Waals surface area (Å²) >= 11 is 5.67. The minimum atomic E-state index is 0.533.